The molecular formula is C17H18F3NO. The second kappa shape index (κ2) is 7.64. The first-order chi connectivity index (χ1) is 10.3. The lowest BCUT2D eigenvalue weighted by atomic mass is 10.1. The Morgan fingerprint density at radius 3 is 2.55 bits per heavy atom. The van der Waals surface area contributed by atoms with E-state index in [1.165, 1.54) is 24.6 Å². The SMILES string of the molecule is C=C/C(=C\N=C/C(=C)C)Oc1cc(C(F)(F)F)ccc1CC. The number of allylic oxidation sites excluding steroid dienone is 2. The van der Waals surface area contributed by atoms with Gasteiger partial charge in [-0.1, -0.05) is 26.1 Å². The topological polar surface area (TPSA) is 21.6 Å². The molecule has 2 nitrogen and oxygen atoms in total. The number of alkyl halides is 3. The summed E-state index contributed by atoms with van der Waals surface area (Å²) in [6.07, 6.45) is 0.407. The monoisotopic (exact) mass is 309 g/mol. The van der Waals surface area contributed by atoms with Gasteiger partial charge >= 0.3 is 6.18 Å². The zero-order chi connectivity index (χ0) is 16.8. The Balaban J connectivity index is 3.13. The number of ether oxygens (including phenoxy) is 1. The second-order valence-electron chi connectivity index (χ2n) is 4.64. The molecule has 5 heteroatoms. The van der Waals surface area contributed by atoms with Crippen molar-refractivity contribution in [1.82, 2.24) is 0 Å². The highest BCUT2D eigenvalue weighted by Gasteiger charge is 2.31. The Morgan fingerprint density at radius 1 is 1.36 bits per heavy atom. The van der Waals surface area contributed by atoms with Gasteiger partial charge in [-0.15, -0.1) is 0 Å². The highest BCUT2D eigenvalue weighted by atomic mass is 19.4. The molecule has 118 valence electrons. The molecule has 0 aromatic heterocycles. The van der Waals surface area contributed by atoms with Crippen molar-refractivity contribution in [3.05, 3.63) is 66.1 Å². The minimum absolute atomic E-state index is 0.147. The minimum Gasteiger partial charge on any atom is -0.455 e. The van der Waals surface area contributed by atoms with Crippen LogP contribution in [0.4, 0.5) is 13.2 Å². The predicted octanol–water partition coefficient (Wildman–Crippen LogP) is 5.32. The van der Waals surface area contributed by atoms with Crippen LogP contribution < -0.4 is 4.74 Å². The molecule has 0 aliphatic carbocycles. The molecule has 1 aromatic rings. The van der Waals surface area contributed by atoms with Gasteiger partial charge in [-0.3, -0.25) is 4.99 Å². The van der Waals surface area contributed by atoms with Crippen molar-refractivity contribution in [3.63, 3.8) is 0 Å². The summed E-state index contributed by atoms with van der Waals surface area (Å²) in [5, 5.41) is 0. The van der Waals surface area contributed by atoms with Gasteiger partial charge in [0, 0.05) is 6.21 Å². The quantitative estimate of drug-likeness (QED) is 0.396. The summed E-state index contributed by atoms with van der Waals surface area (Å²) < 4.78 is 43.9. The van der Waals surface area contributed by atoms with Crippen LogP contribution in [0.15, 0.2) is 60.0 Å². The molecule has 0 fully saturated rings. The molecule has 0 saturated carbocycles. The summed E-state index contributed by atoms with van der Waals surface area (Å²) in [6.45, 7) is 10.8. The molecule has 0 aliphatic heterocycles. The van der Waals surface area contributed by atoms with Crippen LogP contribution in [0.25, 0.3) is 0 Å². The van der Waals surface area contributed by atoms with Crippen molar-refractivity contribution < 1.29 is 17.9 Å². The summed E-state index contributed by atoms with van der Waals surface area (Å²) >= 11 is 0. The predicted molar refractivity (Wildman–Crippen MR) is 83.0 cm³/mol. The van der Waals surface area contributed by atoms with Crippen molar-refractivity contribution in [1.29, 1.82) is 0 Å². The Labute approximate surface area is 128 Å². The van der Waals surface area contributed by atoms with E-state index in [-0.39, 0.29) is 11.5 Å². The minimum atomic E-state index is -4.42. The number of rotatable bonds is 6. The van der Waals surface area contributed by atoms with Crippen molar-refractivity contribution in [3.8, 4) is 5.75 Å². The lowest BCUT2D eigenvalue weighted by molar-refractivity contribution is -0.137. The standard InChI is InChI=1S/C17H18F3NO/c1-5-13-7-8-14(17(18,19)20)9-16(13)22-15(6-2)11-21-10-12(3)4/h6-11H,2-3,5H2,1,4H3/b15-11+,21-10-. The van der Waals surface area contributed by atoms with Crippen molar-refractivity contribution in [2.75, 3.05) is 0 Å². The number of aryl methyl sites for hydroxylation is 1. The van der Waals surface area contributed by atoms with Crippen LogP contribution in [0.3, 0.4) is 0 Å². The maximum atomic E-state index is 12.8. The van der Waals surface area contributed by atoms with Gasteiger partial charge in [-0.25, -0.2) is 0 Å². The molecule has 22 heavy (non-hydrogen) atoms. The van der Waals surface area contributed by atoms with E-state index < -0.39 is 11.7 Å². The number of hydrogen-bond acceptors (Lipinski definition) is 2. The van der Waals surface area contributed by atoms with Crippen LogP contribution in [0, 0.1) is 0 Å². The van der Waals surface area contributed by atoms with Crippen LogP contribution in [-0.4, -0.2) is 6.21 Å². The number of hydrogen-bond donors (Lipinski definition) is 0. The summed E-state index contributed by atoms with van der Waals surface area (Å²) in [7, 11) is 0. The molecule has 0 amide bonds. The van der Waals surface area contributed by atoms with Crippen LogP contribution in [0.5, 0.6) is 5.75 Å². The Bertz CT molecular complexity index is 613. The molecule has 0 spiro atoms. The number of halogens is 3. The zero-order valence-electron chi connectivity index (χ0n) is 12.6. The highest BCUT2D eigenvalue weighted by molar-refractivity contribution is 5.77. The first-order valence-electron chi connectivity index (χ1n) is 6.67. The van der Waals surface area contributed by atoms with Gasteiger partial charge in [0.1, 0.15) is 11.5 Å². The largest absolute Gasteiger partial charge is 0.455 e. The lowest BCUT2D eigenvalue weighted by Gasteiger charge is -2.13. The fourth-order valence-electron chi connectivity index (χ4n) is 1.60. The molecule has 0 N–H and O–H groups in total. The molecular weight excluding hydrogens is 291 g/mol. The van der Waals surface area contributed by atoms with Crippen molar-refractivity contribution >= 4 is 6.21 Å². The summed E-state index contributed by atoms with van der Waals surface area (Å²) in [5.74, 6) is 0.403. The van der Waals surface area contributed by atoms with Crippen LogP contribution in [0.2, 0.25) is 0 Å². The van der Waals surface area contributed by atoms with Gasteiger partial charge in [-0.2, -0.15) is 13.2 Å². The van der Waals surface area contributed by atoms with Gasteiger partial charge < -0.3 is 4.74 Å². The number of nitrogens with zero attached hydrogens (tertiary/aromatic N) is 1. The highest BCUT2D eigenvalue weighted by Crippen LogP contribution is 2.34. The van der Waals surface area contributed by atoms with Gasteiger partial charge in [0.2, 0.25) is 0 Å². The van der Waals surface area contributed by atoms with Crippen LogP contribution in [-0.2, 0) is 12.6 Å². The van der Waals surface area contributed by atoms with E-state index in [0.29, 0.717) is 12.0 Å². The number of benzene rings is 1. The third-order valence-corrected chi connectivity index (χ3v) is 2.70. The van der Waals surface area contributed by atoms with E-state index in [2.05, 4.69) is 18.2 Å². The molecule has 0 aliphatic rings. The van der Waals surface area contributed by atoms with E-state index >= 15 is 0 Å². The third kappa shape index (κ3) is 5.24. The first-order valence-corrected chi connectivity index (χ1v) is 6.67. The van der Waals surface area contributed by atoms with Crippen LogP contribution in [0.1, 0.15) is 25.0 Å². The first kappa shape index (κ1) is 17.8. The summed E-state index contributed by atoms with van der Waals surface area (Å²) in [6, 6.07) is 3.44. The fourth-order valence-corrected chi connectivity index (χ4v) is 1.60. The average Bonchev–Trinajstić information content (AvgIpc) is 2.44. The average molecular weight is 309 g/mol. The molecule has 1 rings (SSSR count). The van der Waals surface area contributed by atoms with E-state index in [1.807, 2.05) is 6.92 Å². The van der Waals surface area contributed by atoms with Gasteiger partial charge in [0.05, 0.1) is 11.8 Å². The lowest BCUT2D eigenvalue weighted by Crippen LogP contribution is -2.06. The van der Waals surface area contributed by atoms with Gasteiger partial charge in [0.25, 0.3) is 0 Å². The Kier molecular flexibility index (Phi) is 6.16. The summed E-state index contributed by atoms with van der Waals surface area (Å²) in [4.78, 5) is 3.96. The van der Waals surface area contributed by atoms with E-state index in [0.717, 1.165) is 17.7 Å². The Morgan fingerprint density at radius 2 is 2.05 bits per heavy atom. The smallest absolute Gasteiger partial charge is 0.416 e. The van der Waals surface area contributed by atoms with Gasteiger partial charge in [0.15, 0.2) is 0 Å². The number of aliphatic imine (C=N–C) groups is 1. The molecule has 0 heterocycles. The zero-order valence-corrected chi connectivity index (χ0v) is 12.6. The van der Waals surface area contributed by atoms with Crippen molar-refractivity contribution in [2.24, 2.45) is 4.99 Å². The van der Waals surface area contributed by atoms with Crippen molar-refractivity contribution in [2.45, 2.75) is 26.4 Å². The van der Waals surface area contributed by atoms with E-state index in [1.54, 1.807) is 6.92 Å². The molecule has 1 aromatic carbocycles. The molecule has 0 saturated heterocycles. The van der Waals surface area contributed by atoms with E-state index in [9.17, 15) is 13.2 Å². The summed E-state index contributed by atoms with van der Waals surface area (Å²) in [5.41, 5.74) is 0.658. The maximum Gasteiger partial charge on any atom is 0.416 e. The normalized spacial score (nSPS) is 12.5. The van der Waals surface area contributed by atoms with Gasteiger partial charge in [-0.05, 0) is 42.7 Å². The van der Waals surface area contributed by atoms with Crippen LogP contribution >= 0.6 is 0 Å². The molecule has 0 unspecified atom stereocenters. The molecule has 0 radical (unpaired) electrons. The third-order valence-electron chi connectivity index (χ3n) is 2.70. The second-order valence-corrected chi connectivity index (χ2v) is 4.64. The maximum absolute atomic E-state index is 12.8. The Hall–Kier alpha value is -2.30. The molecule has 0 bridgehead atoms. The molecule has 0 atom stereocenters. The fraction of sp³-hybridized carbons (Fsp3) is 0.235. The van der Waals surface area contributed by atoms with E-state index in [4.69, 9.17) is 4.74 Å².